The van der Waals surface area contributed by atoms with Crippen molar-refractivity contribution in [3.8, 4) is 0 Å². The first-order chi connectivity index (χ1) is 4.55. The molecule has 3 N–H and O–H groups in total. The van der Waals surface area contributed by atoms with Crippen LogP contribution in [0.2, 0.25) is 0 Å². The number of hydrogen-bond donors (Lipinski definition) is 2. The molecule has 1 aliphatic carbocycles. The number of halogens is 2. The maximum Gasteiger partial charge on any atom is 0.240 e. The number of nitrogens with two attached hydrogens (primary N) is 1. The van der Waals surface area contributed by atoms with E-state index in [1.807, 2.05) is 0 Å². The van der Waals surface area contributed by atoms with Gasteiger partial charge in [-0.15, -0.1) is 0 Å². The quantitative estimate of drug-likeness (QED) is 0.487. The van der Waals surface area contributed by atoms with Crippen molar-refractivity contribution in [1.82, 2.24) is 0 Å². The third-order valence-electron chi connectivity index (χ3n) is 1.33. The summed E-state index contributed by atoms with van der Waals surface area (Å²) in [5, 5.41) is 8.74. The fourth-order valence-corrected chi connectivity index (χ4v) is 0.654. The normalized spacial score (nSPS) is 39.6. The van der Waals surface area contributed by atoms with E-state index in [0.717, 1.165) is 12.2 Å². The predicted octanol–water partition coefficient (Wildman–Crippen LogP) is 0.395. The molecule has 0 aromatic heterocycles. The Hall–Kier alpha value is -0.740. The van der Waals surface area contributed by atoms with Crippen molar-refractivity contribution in [3.05, 3.63) is 24.1 Å². The second-order valence-electron chi connectivity index (χ2n) is 2.11. The molecule has 2 nitrogen and oxygen atoms in total. The largest absolute Gasteiger partial charge is 0.384 e. The van der Waals surface area contributed by atoms with Crippen LogP contribution in [0.1, 0.15) is 0 Å². The molecule has 56 valence electrons. The van der Waals surface area contributed by atoms with Gasteiger partial charge in [-0.25, -0.2) is 8.78 Å². The van der Waals surface area contributed by atoms with Crippen LogP contribution in [0, 0.1) is 0 Å². The molecular weight excluding hydrogens is 140 g/mol. The van der Waals surface area contributed by atoms with Crippen molar-refractivity contribution >= 4 is 0 Å². The molecule has 0 bridgehead atoms. The minimum absolute atomic E-state index is 0.882. The molecule has 0 amide bonds. The highest BCUT2D eigenvalue weighted by atomic mass is 19.2. The summed E-state index contributed by atoms with van der Waals surface area (Å²) in [5.41, 5.74) is 4.75. The summed E-state index contributed by atoms with van der Waals surface area (Å²) in [5.74, 6) is -3.89. The molecule has 2 unspecified atom stereocenters. The summed E-state index contributed by atoms with van der Waals surface area (Å²) < 4.78 is 25.1. The summed E-state index contributed by atoms with van der Waals surface area (Å²) in [6.45, 7) is 0. The molecule has 1 aliphatic rings. The lowest BCUT2D eigenvalue weighted by Gasteiger charge is -2.23. The van der Waals surface area contributed by atoms with E-state index in [0.29, 0.717) is 0 Å². The first-order valence-corrected chi connectivity index (χ1v) is 2.75. The summed E-state index contributed by atoms with van der Waals surface area (Å²) in [6.07, 6.45) is 1.60. The lowest BCUT2D eigenvalue weighted by molar-refractivity contribution is 0.0356. The van der Waals surface area contributed by atoms with Gasteiger partial charge in [0.2, 0.25) is 5.79 Å². The second kappa shape index (κ2) is 2.14. The molecule has 0 aromatic rings. The fourth-order valence-electron chi connectivity index (χ4n) is 0.654. The van der Waals surface area contributed by atoms with Gasteiger partial charge in [0.05, 0.1) is 0 Å². The van der Waals surface area contributed by atoms with Gasteiger partial charge in [-0.2, -0.15) is 0 Å². The molecule has 0 heterocycles. The fraction of sp³-hybridized carbons (Fsp3) is 0.333. The Labute approximate surface area is 56.6 Å². The molecule has 1 rings (SSSR count). The molecule has 10 heavy (non-hydrogen) atoms. The Kier molecular flexibility index (Phi) is 1.58. The van der Waals surface area contributed by atoms with Crippen molar-refractivity contribution < 1.29 is 13.9 Å². The molecule has 0 spiro atoms. The Balaban J connectivity index is 2.93. The van der Waals surface area contributed by atoms with Crippen LogP contribution >= 0.6 is 0 Å². The van der Waals surface area contributed by atoms with E-state index >= 15 is 0 Å². The van der Waals surface area contributed by atoms with Crippen LogP contribution in [0.15, 0.2) is 24.1 Å². The third-order valence-corrected chi connectivity index (χ3v) is 1.33. The Morgan fingerprint density at radius 2 is 2.30 bits per heavy atom. The number of aliphatic hydroxyl groups excluding tert-OH is 1. The van der Waals surface area contributed by atoms with E-state index in [2.05, 4.69) is 0 Å². The summed E-state index contributed by atoms with van der Waals surface area (Å²) in [7, 11) is 0. The van der Waals surface area contributed by atoms with Gasteiger partial charge in [0, 0.05) is 0 Å². The zero-order chi connectivity index (χ0) is 7.78. The van der Waals surface area contributed by atoms with Gasteiger partial charge in [0.15, 0.2) is 5.83 Å². The summed E-state index contributed by atoms with van der Waals surface area (Å²) in [6, 6.07) is 0. The highest BCUT2D eigenvalue weighted by Crippen LogP contribution is 2.25. The lowest BCUT2D eigenvalue weighted by Crippen LogP contribution is -2.47. The van der Waals surface area contributed by atoms with Gasteiger partial charge in [-0.05, 0) is 6.08 Å². The maximum absolute atomic E-state index is 12.7. The predicted molar refractivity (Wildman–Crippen MR) is 32.4 cm³/mol. The van der Waals surface area contributed by atoms with Gasteiger partial charge in [-0.1, -0.05) is 12.2 Å². The zero-order valence-electron chi connectivity index (χ0n) is 5.09. The number of rotatable bonds is 0. The van der Waals surface area contributed by atoms with Crippen LogP contribution in [-0.2, 0) is 0 Å². The Bertz CT molecular complexity index is 198. The van der Waals surface area contributed by atoms with E-state index in [1.165, 1.54) is 6.08 Å². The average molecular weight is 147 g/mol. The number of alkyl halides is 1. The van der Waals surface area contributed by atoms with Crippen molar-refractivity contribution in [1.29, 1.82) is 0 Å². The van der Waals surface area contributed by atoms with Gasteiger partial charge in [0.1, 0.15) is 6.10 Å². The summed E-state index contributed by atoms with van der Waals surface area (Å²) >= 11 is 0. The number of hydrogen-bond acceptors (Lipinski definition) is 2. The van der Waals surface area contributed by atoms with E-state index in [4.69, 9.17) is 10.8 Å². The minimum Gasteiger partial charge on any atom is -0.384 e. The highest BCUT2D eigenvalue weighted by molar-refractivity contribution is 5.25. The van der Waals surface area contributed by atoms with Crippen molar-refractivity contribution in [2.24, 2.45) is 5.73 Å². The van der Waals surface area contributed by atoms with Crippen LogP contribution in [0.4, 0.5) is 8.78 Å². The lowest BCUT2D eigenvalue weighted by atomic mass is 10.0. The van der Waals surface area contributed by atoms with Crippen molar-refractivity contribution in [2.75, 3.05) is 0 Å². The first-order valence-electron chi connectivity index (χ1n) is 2.75. The topological polar surface area (TPSA) is 46.2 Å². The van der Waals surface area contributed by atoms with E-state index in [-0.39, 0.29) is 0 Å². The van der Waals surface area contributed by atoms with E-state index in [1.54, 1.807) is 0 Å². The molecule has 0 saturated heterocycles. The molecule has 4 heteroatoms. The van der Waals surface area contributed by atoms with Crippen molar-refractivity contribution in [2.45, 2.75) is 11.9 Å². The van der Waals surface area contributed by atoms with E-state index < -0.39 is 17.7 Å². The Morgan fingerprint density at radius 1 is 1.70 bits per heavy atom. The van der Waals surface area contributed by atoms with Gasteiger partial charge in [-0.3, -0.25) is 5.73 Å². The highest BCUT2D eigenvalue weighted by Gasteiger charge is 2.38. The molecular formula is C6H7F2NO. The third kappa shape index (κ3) is 0.955. The molecule has 0 fully saturated rings. The Morgan fingerprint density at radius 3 is 2.70 bits per heavy atom. The molecule has 0 aromatic carbocycles. The van der Waals surface area contributed by atoms with Gasteiger partial charge in [0.25, 0.3) is 0 Å². The van der Waals surface area contributed by atoms with Crippen LogP contribution in [0.25, 0.3) is 0 Å². The molecule has 0 saturated carbocycles. The van der Waals surface area contributed by atoms with Crippen LogP contribution in [-0.4, -0.2) is 17.0 Å². The van der Waals surface area contributed by atoms with Crippen LogP contribution in [0.3, 0.4) is 0 Å². The first kappa shape index (κ1) is 7.37. The monoisotopic (exact) mass is 147 g/mol. The van der Waals surface area contributed by atoms with E-state index in [9.17, 15) is 8.78 Å². The summed E-state index contributed by atoms with van der Waals surface area (Å²) in [4.78, 5) is 0. The molecule has 0 aliphatic heterocycles. The molecule has 0 radical (unpaired) electrons. The number of allylic oxidation sites excluding steroid dienone is 2. The zero-order valence-corrected chi connectivity index (χ0v) is 5.09. The van der Waals surface area contributed by atoms with Gasteiger partial charge < -0.3 is 5.11 Å². The second-order valence-corrected chi connectivity index (χ2v) is 2.11. The average Bonchev–Trinajstić information content (AvgIpc) is 1.84. The smallest absolute Gasteiger partial charge is 0.240 e. The van der Waals surface area contributed by atoms with Gasteiger partial charge >= 0.3 is 0 Å². The molecule has 2 atom stereocenters. The minimum atomic E-state index is -2.74. The number of aliphatic hydroxyl groups is 1. The standard InChI is InChI=1S/C6H7F2NO/c7-4-2-1-3-5(10)6(4,8)9/h1-3,5,10H,9H2. The maximum atomic E-state index is 12.7. The SMILES string of the molecule is NC1(F)C(F)=CC=CC1O. The van der Waals surface area contributed by atoms with Crippen molar-refractivity contribution in [3.63, 3.8) is 0 Å². The van der Waals surface area contributed by atoms with Crippen LogP contribution < -0.4 is 5.73 Å². The van der Waals surface area contributed by atoms with Crippen LogP contribution in [0.5, 0.6) is 0 Å².